The molecule has 0 aromatic heterocycles. The summed E-state index contributed by atoms with van der Waals surface area (Å²) in [7, 11) is 1.47. The summed E-state index contributed by atoms with van der Waals surface area (Å²) in [6.45, 7) is 0. The van der Waals surface area contributed by atoms with Gasteiger partial charge in [0.25, 0.3) is 5.24 Å². The normalized spacial score (nSPS) is 9.64. The van der Waals surface area contributed by atoms with Crippen LogP contribution in [0.5, 0.6) is 5.75 Å². The molecular formula is C9H6ClIO3. The second-order valence-electron chi connectivity index (χ2n) is 2.48. The number of carbonyl (C=O) groups is 2. The Morgan fingerprint density at radius 3 is 2.64 bits per heavy atom. The first-order valence-corrected chi connectivity index (χ1v) is 5.08. The van der Waals surface area contributed by atoms with E-state index in [9.17, 15) is 9.59 Å². The van der Waals surface area contributed by atoms with Gasteiger partial charge in [0.05, 0.1) is 16.2 Å². The molecule has 0 spiro atoms. The number of aldehydes is 1. The van der Waals surface area contributed by atoms with E-state index in [-0.39, 0.29) is 5.56 Å². The number of hydrogen-bond acceptors (Lipinski definition) is 3. The maximum atomic E-state index is 11.0. The molecule has 0 radical (unpaired) electrons. The lowest BCUT2D eigenvalue weighted by atomic mass is 10.1. The zero-order valence-electron chi connectivity index (χ0n) is 7.21. The van der Waals surface area contributed by atoms with Gasteiger partial charge in [0, 0.05) is 5.56 Å². The third-order valence-corrected chi connectivity index (χ3v) is 2.95. The van der Waals surface area contributed by atoms with Gasteiger partial charge in [-0.3, -0.25) is 9.59 Å². The number of hydrogen-bond donors (Lipinski definition) is 0. The Bertz CT molecular complexity index is 390. The van der Waals surface area contributed by atoms with Crippen LogP contribution in [0.4, 0.5) is 0 Å². The van der Waals surface area contributed by atoms with Gasteiger partial charge in [-0.15, -0.1) is 0 Å². The highest BCUT2D eigenvalue weighted by atomic mass is 127. The van der Waals surface area contributed by atoms with E-state index < -0.39 is 5.24 Å². The molecule has 1 aromatic carbocycles. The maximum absolute atomic E-state index is 11.0. The molecule has 0 bridgehead atoms. The van der Waals surface area contributed by atoms with Crippen molar-refractivity contribution in [1.82, 2.24) is 0 Å². The molecule has 0 aliphatic rings. The number of methoxy groups -OCH3 is 1. The molecule has 0 aliphatic carbocycles. The highest BCUT2D eigenvalue weighted by Crippen LogP contribution is 2.26. The third kappa shape index (κ3) is 2.24. The van der Waals surface area contributed by atoms with Crippen LogP contribution in [0.25, 0.3) is 0 Å². The van der Waals surface area contributed by atoms with Crippen LogP contribution >= 0.6 is 34.2 Å². The summed E-state index contributed by atoms with van der Waals surface area (Å²) in [4.78, 5) is 21.5. The smallest absolute Gasteiger partial charge is 0.253 e. The van der Waals surface area contributed by atoms with Gasteiger partial charge in [-0.2, -0.15) is 0 Å². The zero-order valence-corrected chi connectivity index (χ0v) is 10.1. The Morgan fingerprint density at radius 1 is 1.57 bits per heavy atom. The third-order valence-electron chi connectivity index (χ3n) is 1.63. The number of rotatable bonds is 3. The predicted molar refractivity (Wildman–Crippen MR) is 61.3 cm³/mol. The first-order valence-electron chi connectivity index (χ1n) is 3.62. The largest absolute Gasteiger partial charge is 0.496 e. The van der Waals surface area contributed by atoms with Crippen LogP contribution in [-0.4, -0.2) is 18.6 Å². The number of carbonyl (C=O) groups excluding carboxylic acids is 2. The van der Waals surface area contributed by atoms with Gasteiger partial charge in [-0.25, -0.2) is 0 Å². The summed E-state index contributed by atoms with van der Waals surface area (Å²) in [5.41, 5.74) is 0.653. The van der Waals surface area contributed by atoms with Gasteiger partial charge in [-0.1, -0.05) is 0 Å². The van der Waals surface area contributed by atoms with E-state index in [2.05, 4.69) is 0 Å². The quantitative estimate of drug-likeness (QED) is 0.487. The van der Waals surface area contributed by atoms with Gasteiger partial charge >= 0.3 is 0 Å². The lowest BCUT2D eigenvalue weighted by molar-refractivity contribution is 0.108. The Labute approximate surface area is 99.5 Å². The van der Waals surface area contributed by atoms with Crippen molar-refractivity contribution in [2.75, 3.05) is 7.11 Å². The van der Waals surface area contributed by atoms with E-state index in [0.717, 1.165) is 0 Å². The molecule has 0 saturated heterocycles. The maximum Gasteiger partial charge on any atom is 0.253 e. The fourth-order valence-electron chi connectivity index (χ4n) is 0.979. The molecule has 1 aromatic rings. The van der Waals surface area contributed by atoms with E-state index in [4.69, 9.17) is 16.3 Å². The van der Waals surface area contributed by atoms with Crippen molar-refractivity contribution < 1.29 is 14.3 Å². The van der Waals surface area contributed by atoms with Crippen molar-refractivity contribution in [2.24, 2.45) is 0 Å². The molecule has 0 N–H and O–H groups in total. The van der Waals surface area contributed by atoms with Crippen molar-refractivity contribution in [3.05, 3.63) is 26.8 Å². The molecule has 5 heteroatoms. The summed E-state index contributed by atoms with van der Waals surface area (Å²) in [6.07, 6.45) is 0.641. The standard InChI is InChI=1S/C9H6ClIO3/c1-14-7-3-5(4-12)2-6(8(7)11)9(10)13/h2-4H,1H3. The van der Waals surface area contributed by atoms with Crippen molar-refractivity contribution in [3.63, 3.8) is 0 Å². The van der Waals surface area contributed by atoms with Crippen LogP contribution in [-0.2, 0) is 0 Å². The van der Waals surface area contributed by atoms with E-state index in [1.54, 1.807) is 6.07 Å². The molecule has 0 heterocycles. The summed E-state index contributed by atoms with van der Waals surface area (Å²) in [6, 6.07) is 2.99. The molecule has 74 valence electrons. The molecule has 0 amide bonds. The van der Waals surface area contributed by atoms with Gasteiger partial charge < -0.3 is 4.74 Å². The summed E-state index contributed by atoms with van der Waals surface area (Å²) >= 11 is 7.29. The number of benzene rings is 1. The van der Waals surface area contributed by atoms with Gasteiger partial charge in [0.2, 0.25) is 0 Å². The molecular weight excluding hydrogens is 318 g/mol. The minimum atomic E-state index is -0.601. The van der Waals surface area contributed by atoms with Crippen LogP contribution in [0.2, 0.25) is 0 Å². The summed E-state index contributed by atoms with van der Waals surface area (Å²) < 4.78 is 5.61. The van der Waals surface area contributed by atoms with Crippen molar-refractivity contribution in [3.8, 4) is 5.75 Å². The second kappa shape index (κ2) is 4.75. The first-order chi connectivity index (χ1) is 6.60. The van der Waals surface area contributed by atoms with E-state index >= 15 is 0 Å². The highest BCUT2D eigenvalue weighted by molar-refractivity contribution is 14.1. The Balaban J connectivity index is 3.41. The second-order valence-corrected chi connectivity index (χ2v) is 3.90. The number of halogens is 2. The first kappa shape index (κ1) is 11.5. The zero-order chi connectivity index (χ0) is 10.7. The molecule has 1 rings (SSSR count). The number of ether oxygens (including phenoxy) is 1. The Hall–Kier alpha value is -0.620. The highest BCUT2D eigenvalue weighted by Gasteiger charge is 2.13. The van der Waals surface area contributed by atoms with Crippen LogP contribution in [0, 0.1) is 3.57 Å². The van der Waals surface area contributed by atoms with Crippen molar-refractivity contribution in [2.45, 2.75) is 0 Å². The van der Waals surface area contributed by atoms with E-state index in [1.165, 1.54) is 13.2 Å². The topological polar surface area (TPSA) is 43.4 Å². The Kier molecular flexibility index (Phi) is 3.88. The van der Waals surface area contributed by atoms with Gasteiger partial charge in [0.1, 0.15) is 12.0 Å². The molecule has 0 fully saturated rings. The van der Waals surface area contributed by atoms with Crippen LogP contribution < -0.4 is 4.74 Å². The lowest BCUT2D eigenvalue weighted by Crippen LogP contribution is -1.99. The van der Waals surface area contributed by atoms with Crippen molar-refractivity contribution >= 4 is 45.7 Å². The fraction of sp³-hybridized carbons (Fsp3) is 0.111. The minimum Gasteiger partial charge on any atom is -0.496 e. The molecule has 0 unspecified atom stereocenters. The predicted octanol–water partition coefficient (Wildman–Crippen LogP) is 2.49. The Morgan fingerprint density at radius 2 is 2.21 bits per heavy atom. The SMILES string of the molecule is COc1cc(C=O)cc(C(=O)Cl)c1I. The molecule has 14 heavy (non-hydrogen) atoms. The summed E-state index contributed by atoms with van der Waals surface area (Å²) in [5, 5.41) is -0.601. The van der Waals surface area contributed by atoms with Crippen molar-refractivity contribution in [1.29, 1.82) is 0 Å². The molecule has 0 aliphatic heterocycles. The molecule has 0 saturated carbocycles. The van der Waals surface area contributed by atoms with E-state index in [0.29, 0.717) is 21.2 Å². The van der Waals surface area contributed by atoms with Gasteiger partial charge in [0.15, 0.2) is 0 Å². The minimum absolute atomic E-state index is 0.286. The average molecular weight is 325 g/mol. The lowest BCUT2D eigenvalue weighted by Gasteiger charge is -2.06. The van der Waals surface area contributed by atoms with Crippen LogP contribution in [0.1, 0.15) is 20.7 Å². The molecule has 3 nitrogen and oxygen atoms in total. The monoisotopic (exact) mass is 324 g/mol. The summed E-state index contributed by atoms with van der Waals surface area (Å²) in [5.74, 6) is 0.471. The van der Waals surface area contributed by atoms with Crippen LogP contribution in [0.15, 0.2) is 12.1 Å². The van der Waals surface area contributed by atoms with Gasteiger partial charge in [-0.05, 0) is 46.3 Å². The van der Waals surface area contributed by atoms with Crippen LogP contribution in [0.3, 0.4) is 0 Å². The average Bonchev–Trinajstić information content (AvgIpc) is 2.17. The fourth-order valence-corrected chi connectivity index (χ4v) is 2.06. The molecule has 0 atom stereocenters. The van der Waals surface area contributed by atoms with E-state index in [1.807, 2.05) is 22.6 Å².